The molecule has 13 nitrogen and oxygen atoms in total. The van der Waals surface area contributed by atoms with Crippen molar-refractivity contribution in [3.63, 3.8) is 0 Å². The van der Waals surface area contributed by atoms with Gasteiger partial charge in [0.2, 0.25) is 0 Å². The van der Waals surface area contributed by atoms with Crippen molar-refractivity contribution in [2.45, 2.75) is 18.4 Å². The number of carbonyl (C=O) groups is 3. The molecule has 16 N–H and O–H groups in total. The predicted octanol–water partition coefficient (Wildman–Crippen LogP) is -6.35. The van der Waals surface area contributed by atoms with E-state index in [-0.39, 0.29) is 73.4 Å². The first kappa shape index (κ1) is 50.5. The normalized spacial score (nSPS) is 7.05. The molecule has 0 atom stereocenters. The van der Waals surface area contributed by atoms with E-state index in [1.165, 1.54) is 0 Å². The smallest absolute Gasteiger partial charge is 1.00 e. The number of hydrogen-bond donors (Lipinski definition) is 4. The summed E-state index contributed by atoms with van der Waals surface area (Å²) in [6.07, 6.45) is -2.29. The van der Waals surface area contributed by atoms with Crippen LogP contribution in [0.4, 0.5) is 0 Å². The number of hydrogen-bond acceptors (Lipinski definition) is 4. The molecule has 0 rings (SSSR count). The Morgan fingerprint density at radius 2 is 0.950 bits per heavy atom. The Hall–Kier alpha value is -0.610. The summed E-state index contributed by atoms with van der Waals surface area (Å²) in [6.45, 7) is 0. The van der Waals surface area contributed by atoms with Crippen molar-refractivity contribution in [1.29, 1.82) is 0 Å². The van der Waals surface area contributed by atoms with Crippen molar-refractivity contribution in [1.82, 2.24) is 0 Å². The summed E-state index contributed by atoms with van der Waals surface area (Å²) < 4.78 is 0. The van der Waals surface area contributed by atoms with Crippen molar-refractivity contribution >= 4 is 55.6 Å². The van der Waals surface area contributed by atoms with Crippen LogP contribution in [0.25, 0.3) is 0 Å². The molecule has 0 aromatic rings. The molecule has 0 aliphatic carbocycles. The Labute approximate surface area is 144 Å². The van der Waals surface area contributed by atoms with Crippen molar-refractivity contribution < 1.29 is 70.5 Å². The molecule has 0 unspecified atom stereocenters. The Balaban J connectivity index is -0.0000000200. The van der Waals surface area contributed by atoms with Crippen molar-refractivity contribution in [3.8, 4) is 0 Å². The molecule has 0 spiro atoms. The molecule has 0 saturated carbocycles. The number of carboxylic acids is 3. The van der Waals surface area contributed by atoms with E-state index < -0.39 is 36.4 Å². The molecule has 0 amide bonds. The van der Waals surface area contributed by atoms with Crippen LogP contribution in [-0.4, -0.2) is 115 Å². The van der Waals surface area contributed by atoms with Crippen molar-refractivity contribution in [2.24, 2.45) is 0 Å². The van der Waals surface area contributed by atoms with Crippen LogP contribution in [0.15, 0.2) is 0 Å². The summed E-state index contributed by atoms with van der Waals surface area (Å²) in [5.41, 5.74) is -2.74. The number of carboxylic acid groups (broad SMARTS) is 3. The van der Waals surface area contributed by atoms with E-state index >= 15 is 0 Å². The summed E-state index contributed by atoms with van der Waals surface area (Å²) in [5.74, 6) is -5.02. The zero-order chi connectivity index (χ0) is 10.6. The molecule has 126 valence electrons. The maximum atomic E-state index is 10.3. The molecule has 0 aliphatic rings. The van der Waals surface area contributed by atoms with Crippen molar-refractivity contribution in [2.75, 3.05) is 0 Å². The minimum absolute atomic E-state index is 0. The molecule has 20 heavy (non-hydrogen) atoms. The first-order valence-electron chi connectivity index (χ1n) is 3.17. The summed E-state index contributed by atoms with van der Waals surface area (Å²) >= 11 is 0. The predicted molar refractivity (Wildman–Crippen MR) is 66.8 cm³/mol. The van der Waals surface area contributed by atoms with Gasteiger partial charge in [-0.2, -0.15) is 0 Å². The third-order valence-electron chi connectivity index (χ3n) is 1.29. The molecule has 0 aromatic heterocycles. The first-order valence-corrected chi connectivity index (χ1v) is 3.17. The van der Waals surface area contributed by atoms with Crippen LogP contribution in [0, 0.1) is 0 Å². The Morgan fingerprint density at radius 1 is 0.750 bits per heavy atom. The second-order valence-electron chi connectivity index (χ2n) is 2.48. The fraction of sp³-hybridized carbons (Fsp3) is 0.500. The van der Waals surface area contributed by atoms with Gasteiger partial charge in [0.15, 0.2) is 5.60 Å². The van der Waals surface area contributed by atoms with E-state index in [0.717, 1.165) is 0 Å². The number of rotatable bonds is 5. The van der Waals surface area contributed by atoms with Gasteiger partial charge in [-0.15, -0.1) is 0 Å². The number of aliphatic carboxylic acids is 3. The summed E-state index contributed by atoms with van der Waals surface area (Å²) in [6, 6.07) is 0. The third-order valence-corrected chi connectivity index (χ3v) is 1.29. The van der Waals surface area contributed by atoms with Crippen LogP contribution in [0.3, 0.4) is 0 Å². The van der Waals surface area contributed by atoms with E-state index in [2.05, 4.69) is 0 Å². The van der Waals surface area contributed by atoms with Gasteiger partial charge < -0.3 is 56.1 Å². The van der Waals surface area contributed by atoms with Gasteiger partial charge in [-0.25, -0.2) is 4.79 Å². The Morgan fingerprint density at radius 3 is 1.05 bits per heavy atom. The average Bonchev–Trinajstić information content (AvgIpc) is 1.82. The summed E-state index contributed by atoms with van der Waals surface area (Å²) in [4.78, 5) is 30.5. The maximum absolute atomic E-state index is 10.3. The summed E-state index contributed by atoms with van der Waals surface area (Å²) in [7, 11) is 0. The maximum Gasteiger partial charge on any atom is 2.00 e. The Bertz CT molecular complexity index is 247. The van der Waals surface area contributed by atoms with Gasteiger partial charge >= 0.3 is 55.6 Å². The largest absolute Gasteiger partial charge is 2.00 e. The monoisotopic (exact) mass is 342 g/mol. The quantitative estimate of drug-likeness (QED) is 0.349. The van der Waals surface area contributed by atoms with E-state index in [1.807, 2.05) is 0 Å². The molecule has 14 heteroatoms. The van der Waals surface area contributed by atoms with Gasteiger partial charge in [-0.05, 0) is 0 Å². The zero-order valence-corrected chi connectivity index (χ0v) is 12.3. The molecule has 0 saturated heterocycles. The molecule has 0 aliphatic heterocycles. The van der Waals surface area contributed by atoms with Crippen LogP contribution in [0.1, 0.15) is 15.7 Å². The van der Waals surface area contributed by atoms with Gasteiger partial charge in [0.25, 0.3) is 0 Å². The van der Waals surface area contributed by atoms with E-state index in [9.17, 15) is 14.4 Å². The average molecular weight is 342 g/mol. The first-order chi connectivity index (χ1) is 5.78. The van der Waals surface area contributed by atoms with Gasteiger partial charge in [0.1, 0.15) is 0 Å². The fourth-order valence-electron chi connectivity index (χ4n) is 0.714. The summed E-state index contributed by atoms with van der Waals surface area (Å²) in [5, 5.41) is 33.8. The zero-order valence-electron chi connectivity index (χ0n) is 12.1. The topological polar surface area (TPSA) is 321 Å². The fourth-order valence-corrected chi connectivity index (χ4v) is 0.714. The van der Waals surface area contributed by atoms with Gasteiger partial charge in [0.05, 0.1) is 12.8 Å². The van der Waals surface area contributed by atoms with Crippen molar-refractivity contribution in [3.05, 3.63) is 0 Å². The second kappa shape index (κ2) is 20.7. The third kappa shape index (κ3) is 19.7. The van der Waals surface area contributed by atoms with Crippen LogP contribution in [0.5, 0.6) is 0 Å². The van der Waals surface area contributed by atoms with Crippen LogP contribution in [-0.2, 0) is 14.4 Å². The molecular formula is C6H22CaO13. The number of aliphatic hydroxyl groups is 1. The molecule has 0 fully saturated rings. The molecule has 0 aromatic carbocycles. The molecule has 0 radical (unpaired) electrons. The Kier molecular flexibility index (Phi) is 52.3. The molecular weight excluding hydrogens is 320 g/mol. The van der Waals surface area contributed by atoms with E-state index in [4.69, 9.17) is 20.4 Å². The van der Waals surface area contributed by atoms with Crippen LogP contribution < -0.4 is 0 Å². The standard InChI is InChI=1S/C6H8O7.Ca.6H2O.2H/c7-3(8)1-6(13,5(11)12)2-4(9)10;;;;;;;;;/h13H,1-2H2,(H,7,8)(H,9,10)(H,11,12);;6*1H2;;/q;+2;;;;;;;2*-1. The van der Waals surface area contributed by atoms with Gasteiger partial charge in [-0.1, -0.05) is 0 Å². The van der Waals surface area contributed by atoms with Crippen LogP contribution >= 0.6 is 0 Å². The molecule has 0 heterocycles. The van der Waals surface area contributed by atoms with Crippen LogP contribution in [0.2, 0.25) is 0 Å². The minimum Gasteiger partial charge on any atom is -1.00 e. The SMILES string of the molecule is O.O.O.O.O.O.O=C(O)CC(O)(CC(=O)O)C(=O)O.[Ca+2].[H-].[H-]. The minimum atomic E-state index is -2.74. The van der Waals surface area contributed by atoms with Gasteiger partial charge in [-0.3, -0.25) is 9.59 Å². The second-order valence-corrected chi connectivity index (χ2v) is 2.48. The van der Waals surface area contributed by atoms with E-state index in [0.29, 0.717) is 0 Å². The van der Waals surface area contributed by atoms with Gasteiger partial charge in [0, 0.05) is 0 Å². The van der Waals surface area contributed by atoms with E-state index in [1.54, 1.807) is 0 Å². The molecule has 0 bridgehead atoms.